The van der Waals surface area contributed by atoms with Crippen molar-refractivity contribution in [3.05, 3.63) is 17.7 Å². The van der Waals surface area contributed by atoms with Gasteiger partial charge in [-0.2, -0.15) is 0 Å². The van der Waals surface area contributed by atoms with E-state index < -0.39 is 5.97 Å². The number of fused-ring (bicyclic) bond motifs is 1. The van der Waals surface area contributed by atoms with E-state index in [1.54, 1.807) is 17.0 Å². The van der Waals surface area contributed by atoms with Gasteiger partial charge in [-0.05, 0) is 17.7 Å². The molecule has 20 heavy (non-hydrogen) atoms. The number of carboxylic acid groups (broad SMARTS) is 1. The number of benzene rings is 1. The third kappa shape index (κ3) is 3.13. The van der Waals surface area contributed by atoms with Gasteiger partial charge in [0.25, 0.3) is 0 Å². The zero-order valence-corrected chi connectivity index (χ0v) is 11.1. The summed E-state index contributed by atoms with van der Waals surface area (Å²) in [6, 6.07) is 3.59. The highest BCUT2D eigenvalue weighted by molar-refractivity contribution is 5.69. The summed E-state index contributed by atoms with van der Waals surface area (Å²) in [4.78, 5) is 12.4. The summed E-state index contributed by atoms with van der Waals surface area (Å²) < 4.78 is 15.9. The zero-order valence-electron chi connectivity index (χ0n) is 11.1. The van der Waals surface area contributed by atoms with Gasteiger partial charge >= 0.3 is 5.97 Å². The van der Waals surface area contributed by atoms with Crippen molar-refractivity contribution >= 4 is 5.97 Å². The van der Waals surface area contributed by atoms with E-state index in [9.17, 15) is 4.79 Å². The molecule has 1 N–H and O–H groups in total. The van der Waals surface area contributed by atoms with Crippen LogP contribution in [0.4, 0.5) is 0 Å². The van der Waals surface area contributed by atoms with Crippen molar-refractivity contribution in [2.45, 2.75) is 6.54 Å². The number of rotatable bonds is 6. The fraction of sp³-hybridized carbons (Fsp3) is 0.357. The summed E-state index contributed by atoms with van der Waals surface area (Å²) in [7, 11) is 1.54. The van der Waals surface area contributed by atoms with Crippen LogP contribution in [0, 0.1) is 12.3 Å². The smallest absolute Gasteiger partial charge is 0.317 e. The first-order valence-corrected chi connectivity index (χ1v) is 5.98. The van der Waals surface area contributed by atoms with E-state index in [1.807, 2.05) is 0 Å². The molecule has 1 aromatic carbocycles. The van der Waals surface area contributed by atoms with Gasteiger partial charge in [0.15, 0.2) is 11.5 Å². The lowest BCUT2D eigenvalue weighted by molar-refractivity contribution is -0.138. The molecular formula is C14H15NO5. The van der Waals surface area contributed by atoms with Crippen LogP contribution < -0.4 is 14.2 Å². The van der Waals surface area contributed by atoms with Gasteiger partial charge in [-0.15, -0.1) is 6.42 Å². The number of ether oxygens (including phenoxy) is 3. The van der Waals surface area contributed by atoms with Crippen LogP contribution in [0.15, 0.2) is 12.1 Å². The lowest BCUT2D eigenvalue weighted by atomic mass is 10.1. The first-order valence-electron chi connectivity index (χ1n) is 5.98. The van der Waals surface area contributed by atoms with Crippen LogP contribution in [0.1, 0.15) is 5.56 Å². The van der Waals surface area contributed by atoms with Crippen molar-refractivity contribution in [1.29, 1.82) is 0 Å². The van der Waals surface area contributed by atoms with E-state index in [2.05, 4.69) is 5.92 Å². The van der Waals surface area contributed by atoms with Gasteiger partial charge in [0.1, 0.15) is 0 Å². The molecule has 0 saturated carbocycles. The monoisotopic (exact) mass is 277 g/mol. The number of hydrogen-bond acceptors (Lipinski definition) is 5. The lowest BCUT2D eigenvalue weighted by Crippen LogP contribution is -2.29. The maximum Gasteiger partial charge on any atom is 0.317 e. The maximum atomic E-state index is 10.8. The Hall–Kier alpha value is -2.39. The molecule has 1 aromatic rings. The van der Waals surface area contributed by atoms with E-state index in [0.717, 1.165) is 5.56 Å². The Bertz CT molecular complexity index is 549. The molecule has 0 spiro atoms. The Balaban J connectivity index is 2.20. The van der Waals surface area contributed by atoms with Crippen LogP contribution in [0.2, 0.25) is 0 Å². The lowest BCUT2D eigenvalue weighted by Gasteiger charge is -2.18. The highest BCUT2D eigenvalue weighted by Crippen LogP contribution is 2.41. The Kier molecular flexibility index (Phi) is 4.33. The molecule has 0 aromatic heterocycles. The molecule has 0 unspecified atom stereocenters. The molecule has 0 bridgehead atoms. The Morgan fingerprint density at radius 2 is 2.35 bits per heavy atom. The van der Waals surface area contributed by atoms with Crippen molar-refractivity contribution in [1.82, 2.24) is 4.90 Å². The molecular weight excluding hydrogens is 262 g/mol. The summed E-state index contributed by atoms with van der Waals surface area (Å²) in [5.74, 6) is 3.25. The Morgan fingerprint density at radius 3 is 3.00 bits per heavy atom. The molecule has 106 valence electrons. The molecule has 1 heterocycles. The standard InChI is InChI=1S/C14H15NO5/c1-3-4-15(8-13(16)17)7-10-5-11(18-2)14-12(6-10)19-9-20-14/h1,5-6H,4,7-9H2,2H3,(H,16,17). The first kappa shape index (κ1) is 14.0. The molecule has 0 aliphatic carbocycles. The number of terminal acetylenes is 1. The van der Waals surface area contributed by atoms with E-state index in [0.29, 0.717) is 23.8 Å². The highest BCUT2D eigenvalue weighted by Gasteiger charge is 2.21. The largest absolute Gasteiger partial charge is 0.493 e. The molecule has 1 aliphatic heterocycles. The normalized spacial score (nSPS) is 12.2. The average Bonchev–Trinajstić information content (AvgIpc) is 2.85. The van der Waals surface area contributed by atoms with Crippen LogP contribution >= 0.6 is 0 Å². The molecule has 0 fully saturated rings. The molecule has 1 aliphatic rings. The molecule has 2 rings (SSSR count). The van der Waals surface area contributed by atoms with Crippen LogP contribution in [0.3, 0.4) is 0 Å². The number of nitrogens with zero attached hydrogens (tertiary/aromatic N) is 1. The van der Waals surface area contributed by atoms with Crippen molar-refractivity contribution < 1.29 is 24.1 Å². The van der Waals surface area contributed by atoms with Gasteiger partial charge in [-0.1, -0.05) is 5.92 Å². The van der Waals surface area contributed by atoms with Gasteiger partial charge in [0, 0.05) is 6.54 Å². The van der Waals surface area contributed by atoms with Crippen molar-refractivity contribution in [2.75, 3.05) is 27.0 Å². The van der Waals surface area contributed by atoms with Gasteiger partial charge < -0.3 is 19.3 Å². The van der Waals surface area contributed by atoms with E-state index >= 15 is 0 Å². The fourth-order valence-corrected chi connectivity index (χ4v) is 2.02. The predicted molar refractivity (Wildman–Crippen MR) is 70.9 cm³/mol. The molecule has 0 radical (unpaired) electrons. The van der Waals surface area contributed by atoms with Crippen LogP contribution in [0.5, 0.6) is 17.2 Å². The van der Waals surface area contributed by atoms with Crippen LogP contribution in [-0.2, 0) is 11.3 Å². The summed E-state index contributed by atoms with van der Waals surface area (Å²) in [5.41, 5.74) is 0.850. The Morgan fingerprint density at radius 1 is 1.55 bits per heavy atom. The topological polar surface area (TPSA) is 68.2 Å². The SMILES string of the molecule is C#CCN(CC(=O)O)Cc1cc(OC)c2c(c1)OCO2. The van der Waals surface area contributed by atoms with Crippen LogP contribution in [0.25, 0.3) is 0 Å². The number of methoxy groups -OCH3 is 1. The molecule has 6 heteroatoms. The summed E-state index contributed by atoms with van der Waals surface area (Å²) in [6.45, 7) is 0.672. The summed E-state index contributed by atoms with van der Waals surface area (Å²) in [6.07, 6.45) is 5.25. The quantitative estimate of drug-likeness (QED) is 0.781. The van der Waals surface area contributed by atoms with E-state index in [4.69, 9.17) is 25.7 Å². The molecule has 0 amide bonds. The number of carbonyl (C=O) groups is 1. The third-order valence-electron chi connectivity index (χ3n) is 2.80. The Labute approximate surface area is 116 Å². The summed E-state index contributed by atoms with van der Waals surface area (Å²) in [5, 5.41) is 8.86. The van der Waals surface area contributed by atoms with E-state index in [1.165, 1.54) is 7.11 Å². The molecule has 0 atom stereocenters. The van der Waals surface area contributed by atoms with Gasteiger partial charge in [0.05, 0.1) is 20.2 Å². The molecule has 0 saturated heterocycles. The minimum atomic E-state index is -0.923. The maximum absolute atomic E-state index is 10.8. The minimum absolute atomic E-state index is 0.124. The highest BCUT2D eigenvalue weighted by atomic mass is 16.7. The van der Waals surface area contributed by atoms with Gasteiger partial charge in [0.2, 0.25) is 12.5 Å². The van der Waals surface area contributed by atoms with Crippen molar-refractivity contribution in [3.63, 3.8) is 0 Å². The second-order valence-electron chi connectivity index (χ2n) is 4.27. The summed E-state index contributed by atoms with van der Waals surface area (Å²) >= 11 is 0. The first-order chi connectivity index (χ1) is 9.63. The number of aliphatic carboxylic acids is 1. The second kappa shape index (κ2) is 6.17. The second-order valence-corrected chi connectivity index (χ2v) is 4.27. The van der Waals surface area contributed by atoms with Crippen LogP contribution in [-0.4, -0.2) is 43.0 Å². The van der Waals surface area contributed by atoms with Crippen molar-refractivity contribution in [3.8, 4) is 29.6 Å². The number of hydrogen-bond donors (Lipinski definition) is 1. The van der Waals surface area contributed by atoms with Gasteiger partial charge in [-0.25, -0.2) is 0 Å². The predicted octanol–water partition coefficient (Wildman–Crippen LogP) is 0.944. The number of carboxylic acids is 1. The van der Waals surface area contributed by atoms with Crippen molar-refractivity contribution in [2.24, 2.45) is 0 Å². The fourth-order valence-electron chi connectivity index (χ4n) is 2.02. The third-order valence-corrected chi connectivity index (χ3v) is 2.80. The minimum Gasteiger partial charge on any atom is -0.493 e. The average molecular weight is 277 g/mol. The van der Waals surface area contributed by atoms with Gasteiger partial charge in [-0.3, -0.25) is 9.69 Å². The zero-order chi connectivity index (χ0) is 14.5. The van der Waals surface area contributed by atoms with E-state index in [-0.39, 0.29) is 19.9 Å². The molecule has 6 nitrogen and oxygen atoms in total.